The number of benzene rings is 1. The summed E-state index contributed by atoms with van der Waals surface area (Å²) in [7, 11) is 0. The number of hydrogen-bond acceptors (Lipinski definition) is 10. The van der Waals surface area contributed by atoms with Gasteiger partial charge in [-0.1, -0.05) is 67.1 Å². The molecule has 18 heteroatoms. The van der Waals surface area contributed by atoms with Crippen molar-refractivity contribution in [1.82, 2.24) is 46.1 Å². The highest BCUT2D eigenvalue weighted by molar-refractivity contribution is 8.00. The van der Waals surface area contributed by atoms with Crippen LogP contribution in [0.5, 0.6) is 0 Å². The molecule has 2 aromatic heterocycles. The number of carbonyl (C=O) groups excluding carboxylic acids is 4. The van der Waals surface area contributed by atoms with Crippen LogP contribution in [0.4, 0.5) is 10.6 Å². The summed E-state index contributed by atoms with van der Waals surface area (Å²) in [6.07, 6.45) is 14.6. The average Bonchev–Trinajstić information content (AvgIpc) is 3.84. The smallest absolute Gasteiger partial charge is 0.315 e. The van der Waals surface area contributed by atoms with E-state index in [9.17, 15) is 19.2 Å². The Balaban J connectivity index is 0.807. The number of nitrogen functional groups attached to an aromatic ring is 1. The second-order valence-corrected chi connectivity index (χ2v) is 17.8. The molecular formula is C39H56Cl2N10O4S2. The summed E-state index contributed by atoms with van der Waals surface area (Å²) in [5.41, 5.74) is 7.35. The Morgan fingerprint density at radius 3 is 2.00 bits per heavy atom. The summed E-state index contributed by atoms with van der Waals surface area (Å²) in [5, 5.41) is 17.2. The number of hydrogen-bond donors (Lipinski definition) is 6. The molecule has 0 bridgehead atoms. The first kappa shape index (κ1) is 44.6. The minimum absolute atomic E-state index is 0.0516. The highest BCUT2D eigenvalue weighted by Crippen LogP contribution is 2.35. The van der Waals surface area contributed by atoms with Crippen molar-refractivity contribution in [2.45, 2.75) is 137 Å². The summed E-state index contributed by atoms with van der Waals surface area (Å²) in [6.45, 7) is 2.62. The molecule has 4 heterocycles. The summed E-state index contributed by atoms with van der Waals surface area (Å²) in [6, 6.07) is 5.77. The number of carbonyl (C=O) groups is 4. The fourth-order valence-electron chi connectivity index (χ4n) is 7.05. The Hall–Kier alpha value is -3.47. The van der Waals surface area contributed by atoms with Crippen LogP contribution in [0, 0.1) is 0 Å². The molecule has 14 nitrogen and oxygen atoms in total. The molecular weight excluding hydrogens is 808 g/mol. The van der Waals surface area contributed by atoms with E-state index >= 15 is 0 Å². The lowest BCUT2D eigenvalue weighted by atomic mass is 10.0. The number of unbranched alkanes of at least 4 members (excludes halogenated alkanes) is 8. The van der Waals surface area contributed by atoms with Crippen LogP contribution in [0.1, 0.15) is 103 Å². The average molecular weight is 864 g/mol. The van der Waals surface area contributed by atoms with E-state index in [0.29, 0.717) is 77.7 Å². The van der Waals surface area contributed by atoms with Gasteiger partial charge in [-0.2, -0.15) is 11.8 Å². The van der Waals surface area contributed by atoms with Gasteiger partial charge in [0.25, 0.3) is 0 Å². The largest absolute Gasteiger partial charge is 0.382 e. The van der Waals surface area contributed by atoms with E-state index in [2.05, 4.69) is 41.1 Å². The molecule has 2 saturated heterocycles. The lowest BCUT2D eigenvalue weighted by Gasteiger charge is -2.16. The first-order valence-electron chi connectivity index (χ1n) is 20.3. The van der Waals surface area contributed by atoms with E-state index in [1.807, 2.05) is 23.9 Å². The Morgan fingerprint density at radius 2 is 1.37 bits per heavy atom. The van der Waals surface area contributed by atoms with Gasteiger partial charge in [-0.05, 0) is 69.6 Å². The summed E-state index contributed by atoms with van der Waals surface area (Å²) in [5.74, 6) is 1.49. The lowest BCUT2D eigenvalue weighted by molar-refractivity contribution is -0.122. The van der Waals surface area contributed by atoms with Gasteiger partial charge in [-0.3, -0.25) is 14.4 Å². The van der Waals surface area contributed by atoms with Crippen molar-refractivity contribution in [1.29, 1.82) is 0 Å². The molecule has 2 fully saturated rings. The third-order valence-corrected chi connectivity index (χ3v) is 13.0. The summed E-state index contributed by atoms with van der Waals surface area (Å²) in [4.78, 5) is 62.3. The molecule has 0 radical (unpaired) electrons. The maximum Gasteiger partial charge on any atom is 0.315 e. The molecule has 3 atom stereocenters. The van der Waals surface area contributed by atoms with E-state index in [0.717, 1.165) is 99.3 Å². The van der Waals surface area contributed by atoms with Crippen LogP contribution < -0.4 is 32.3 Å². The topological polar surface area (TPSA) is 198 Å². The number of halogens is 2. The highest BCUT2D eigenvalue weighted by Gasteiger charge is 2.42. The van der Waals surface area contributed by atoms with Gasteiger partial charge in [0, 0.05) is 71.4 Å². The Kier molecular flexibility index (Phi) is 18.6. The number of thioether (sulfide) groups is 1. The van der Waals surface area contributed by atoms with Gasteiger partial charge in [0.2, 0.25) is 17.7 Å². The number of aromatic nitrogens is 4. The van der Waals surface area contributed by atoms with Gasteiger partial charge in [0.1, 0.15) is 6.33 Å². The van der Waals surface area contributed by atoms with E-state index in [-0.39, 0.29) is 35.8 Å². The Morgan fingerprint density at radius 1 is 0.789 bits per heavy atom. The zero-order valence-electron chi connectivity index (χ0n) is 32.5. The minimum Gasteiger partial charge on any atom is -0.382 e. The normalized spacial score (nSPS) is 17.3. The van der Waals surface area contributed by atoms with Crippen LogP contribution in [0.2, 0.25) is 10.0 Å². The van der Waals surface area contributed by atoms with E-state index in [4.69, 9.17) is 33.9 Å². The highest BCUT2D eigenvalue weighted by atomic mass is 35.5. The Labute approximate surface area is 353 Å². The van der Waals surface area contributed by atoms with Gasteiger partial charge in [-0.25, -0.2) is 19.7 Å². The van der Waals surface area contributed by atoms with Crippen molar-refractivity contribution in [2.24, 2.45) is 0 Å². The number of fused-ring (bicyclic) bond motifs is 2. The number of nitrogens with two attached hydrogens (primary N) is 1. The number of anilines is 1. The molecule has 1 aromatic carbocycles. The van der Waals surface area contributed by atoms with Gasteiger partial charge in [0.05, 0.1) is 12.1 Å². The monoisotopic (exact) mass is 862 g/mol. The number of rotatable bonds is 26. The van der Waals surface area contributed by atoms with Gasteiger partial charge >= 0.3 is 6.03 Å². The van der Waals surface area contributed by atoms with E-state index in [1.54, 1.807) is 6.07 Å². The van der Waals surface area contributed by atoms with Crippen molar-refractivity contribution in [3.05, 3.63) is 34.6 Å². The predicted molar refractivity (Wildman–Crippen MR) is 229 cm³/mol. The van der Waals surface area contributed by atoms with Crippen molar-refractivity contribution in [3.63, 3.8) is 0 Å². The molecule has 2 aliphatic heterocycles. The Bertz CT molecular complexity index is 1780. The number of imidazole rings is 1. The fourth-order valence-corrected chi connectivity index (χ4v) is 10.3. The second-order valence-electron chi connectivity index (χ2n) is 14.6. The molecule has 5 amide bonds. The second kappa shape index (κ2) is 23.8. The van der Waals surface area contributed by atoms with Gasteiger partial charge < -0.3 is 36.9 Å². The molecule has 0 aliphatic carbocycles. The van der Waals surface area contributed by atoms with Crippen LogP contribution in [0.3, 0.4) is 0 Å². The minimum atomic E-state index is -0.0631. The SMILES string of the molecule is Nc1ncnc2c1nc(Sc1cc(Cl)cc(Cl)c1)n2CCCCCCNC(=O)CCCCCNC(=O)CCCCCNC(=O)CCCC[C@H]1SC[C@@H]2NC(=O)N[C@@H]21. The van der Waals surface area contributed by atoms with Crippen molar-refractivity contribution < 1.29 is 19.2 Å². The number of amides is 5. The molecule has 2 aliphatic rings. The van der Waals surface area contributed by atoms with E-state index < -0.39 is 0 Å². The molecule has 0 spiro atoms. The first-order chi connectivity index (χ1) is 27.7. The molecule has 7 N–H and O–H groups in total. The van der Waals surface area contributed by atoms with Crippen molar-refractivity contribution in [3.8, 4) is 0 Å². The van der Waals surface area contributed by atoms with Crippen LogP contribution in [0.25, 0.3) is 11.2 Å². The van der Waals surface area contributed by atoms with Gasteiger partial charge in [0.15, 0.2) is 22.1 Å². The lowest BCUT2D eigenvalue weighted by Crippen LogP contribution is -2.36. The molecule has 57 heavy (non-hydrogen) atoms. The number of nitrogens with zero attached hydrogens (tertiary/aromatic N) is 4. The van der Waals surface area contributed by atoms with Crippen LogP contribution in [0.15, 0.2) is 34.6 Å². The fraction of sp³-hybridized carbons (Fsp3) is 0.615. The molecule has 312 valence electrons. The quantitative estimate of drug-likeness (QED) is 0.0377. The van der Waals surface area contributed by atoms with E-state index in [1.165, 1.54) is 18.1 Å². The summed E-state index contributed by atoms with van der Waals surface area (Å²) >= 11 is 15.8. The maximum absolute atomic E-state index is 12.3. The predicted octanol–water partition coefficient (Wildman–Crippen LogP) is 6.62. The molecule has 0 unspecified atom stereocenters. The number of nitrogens with one attached hydrogen (secondary N) is 5. The zero-order valence-corrected chi connectivity index (χ0v) is 35.6. The first-order valence-corrected chi connectivity index (χ1v) is 22.9. The van der Waals surface area contributed by atoms with Crippen molar-refractivity contribution in [2.75, 3.05) is 31.1 Å². The van der Waals surface area contributed by atoms with Crippen LogP contribution in [-0.2, 0) is 20.9 Å². The third kappa shape index (κ3) is 15.0. The third-order valence-electron chi connectivity index (χ3n) is 10.1. The van der Waals surface area contributed by atoms with Crippen molar-refractivity contribution >= 4 is 87.5 Å². The van der Waals surface area contributed by atoms with Crippen LogP contribution in [-0.4, -0.2) is 86.0 Å². The van der Waals surface area contributed by atoms with Gasteiger partial charge in [-0.15, -0.1) is 0 Å². The maximum atomic E-state index is 12.3. The molecule has 0 saturated carbocycles. The standard InChI is InChI=1S/C39H56Cl2N10O4S2/c40-26-21-27(41)23-28(22-26)57-39-50-35-36(42)46-25-47-37(35)51(39)20-12-2-1-9-17-43-31(52)14-5-3-10-18-44-32(53)15-6-4-11-19-45-33(54)16-8-7-13-30-34-29(24-56-30)48-38(55)49-34/h21-23,25,29-30,34H,1-20,24H2,(H,43,52)(H,44,53)(H,45,54)(H2,42,46,47)(H2,48,49,55)/t29-,30+,34-/m0/s1. The zero-order chi connectivity index (χ0) is 40.4. The molecule has 3 aromatic rings. The number of aryl methyl sites for hydroxylation is 1. The number of urea groups is 1. The van der Waals surface area contributed by atoms with Crippen LogP contribution >= 0.6 is 46.7 Å². The summed E-state index contributed by atoms with van der Waals surface area (Å²) < 4.78 is 2.05. The molecule has 5 rings (SSSR count).